The first kappa shape index (κ1) is 19.7. The van der Waals surface area contributed by atoms with Crippen LogP contribution in [0.3, 0.4) is 0 Å². The van der Waals surface area contributed by atoms with Crippen molar-refractivity contribution in [2.75, 3.05) is 5.33 Å². The second-order valence-corrected chi connectivity index (χ2v) is 6.77. The van der Waals surface area contributed by atoms with Crippen molar-refractivity contribution in [3.63, 3.8) is 0 Å². The van der Waals surface area contributed by atoms with Crippen LogP contribution in [0.4, 0.5) is 5.69 Å². The number of hydrogen-bond donors (Lipinski definition) is 0. The number of carbonyl (C=O) groups excluding carboxylic acids is 3. The average Bonchev–Trinajstić information content (AvgIpc) is 2.93. The van der Waals surface area contributed by atoms with E-state index in [1.54, 1.807) is 24.3 Å². The van der Waals surface area contributed by atoms with Crippen LogP contribution in [-0.4, -0.2) is 39.0 Å². The van der Waals surface area contributed by atoms with Gasteiger partial charge in [-0.25, -0.2) is 0 Å². The van der Waals surface area contributed by atoms with E-state index in [0.29, 0.717) is 5.56 Å². The van der Waals surface area contributed by atoms with E-state index >= 15 is 0 Å². The first-order valence-electron chi connectivity index (χ1n) is 8.29. The van der Waals surface area contributed by atoms with Crippen molar-refractivity contribution < 1.29 is 24.0 Å². The fourth-order valence-electron chi connectivity index (χ4n) is 3.13. The Morgan fingerprint density at radius 3 is 2.07 bits per heavy atom. The molecule has 8 nitrogen and oxygen atoms in total. The summed E-state index contributed by atoms with van der Waals surface area (Å²) in [5, 5.41) is 11.0. The lowest BCUT2D eigenvalue weighted by Gasteiger charge is -2.31. The van der Waals surface area contributed by atoms with E-state index in [-0.39, 0.29) is 22.1 Å². The lowest BCUT2D eigenvalue weighted by molar-refractivity contribution is -0.384. The van der Waals surface area contributed by atoms with E-state index in [2.05, 4.69) is 15.9 Å². The topological polar surface area (TPSA) is 107 Å². The Balaban J connectivity index is 2.01. The number of benzene rings is 2. The van der Waals surface area contributed by atoms with Crippen molar-refractivity contribution in [1.82, 2.24) is 4.90 Å². The standard InChI is InChI=1S/C19H15BrN2O6/c1-11(23)28-17(12-6-8-13(9-7-12)22(26)27)16(10-20)21-18(24)14-4-2-3-5-15(14)19(21)25/h2-9,16-17H,10H2,1H3/t16-,17+/m1/s1. The maximum Gasteiger partial charge on any atom is 0.303 e. The summed E-state index contributed by atoms with van der Waals surface area (Å²) in [6.07, 6.45) is -0.986. The number of non-ortho nitro benzene ring substituents is 1. The van der Waals surface area contributed by atoms with Gasteiger partial charge in [-0.05, 0) is 29.8 Å². The summed E-state index contributed by atoms with van der Waals surface area (Å²) in [4.78, 5) is 48.7. The summed E-state index contributed by atoms with van der Waals surface area (Å²) in [6, 6.07) is 11.1. The Morgan fingerprint density at radius 2 is 1.64 bits per heavy atom. The molecule has 0 N–H and O–H groups in total. The number of esters is 1. The second kappa shape index (κ2) is 7.89. The van der Waals surface area contributed by atoms with Gasteiger partial charge in [0.2, 0.25) is 0 Å². The minimum Gasteiger partial charge on any atom is -0.455 e. The SMILES string of the molecule is CC(=O)O[C@@H](c1ccc([N+](=O)[O-])cc1)[C@@H](CBr)N1C(=O)c2ccccc2C1=O. The zero-order valence-corrected chi connectivity index (χ0v) is 16.3. The molecule has 144 valence electrons. The first-order chi connectivity index (χ1) is 13.3. The van der Waals surface area contributed by atoms with Gasteiger partial charge in [0.05, 0.1) is 22.1 Å². The smallest absolute Gasteiger partial charge is 0.303 e. The van der Waals surface area contributed by atoms with Crippen molar-refractivity contribution in [2.24, 2.45) is 0 Å². The lowest BCUT2D eigenvalue weighted by Crippen LogP contribution is -2.45. The zero-order valence-electron chi connectivity index (χ0n) is 14.7. The number of carbonyl (C=O) groups is 3. The number of amides is 2. The molecular weight excluding hydrogens is 432 g/mol. The predicted molar refractivity (Wildman–Crippen MR) is 102 cm³/mol. The molecule has 0 radical (unpaired) electrons. The highest BCUT2D eigenvalue weighted by Gasteiger charge is 2.43. The van der Waals surface area contributed by atoms with Crippen LogP contribution in [0.2, 0.25) is 0 Å². The molecule has 3 rings (SSSR count). The van der Waals surface area contributed by atoms with Gasteiger partial charge in [0.25, 0.3) is 17.5 Å². The van der Waals surface area contributed by atoms with Crippen molar-refractivity contribution >= 4 is 39.4 Å². The number of fused-ring (bicyclic) bond motifs is 1. The summed E-state index contributed by atoms with van der Waals surface area (Å²) in [7, 11) is 0. The number of imide groups is 1. The van der Waals surface area contributed by atoms with Crippen molar-refractivity contribution in [1.29, 1.82) is 0 Å². The van der Waals surface area contributed by atoms with Gasteiger partial charge in [0.1, 0.15) is 6.10 Å². The van der Waals surface area contributed by atoms with Gasteiger partial charge in [-0.1, -0.05) is 28.1 Å². The molecule has 2 amide bonds. The molecule has 2 atom stereocenters. The van der Waals surface area contributed by atoms with Gasteiger partial charge in [0, 0.05) is 24.4 Å². The minimum atomic E-state index is -0.986. The Hall–Kier alpha value is -3.07. The van der Waals surface area contributed by atoms with Gasteiger partial charge in [-0.3, -0.25) is 29.4 Å². The number of ether oxygens (including phenoxy) is 1. The highest BCUT2D eigenvalue weighted by Crippen LogP contribution is 2.33. The molecular formula is C19H15BrN2O6. The third-order valence-corrected chi connectivity index (χ3v) is 5.05. The Morgan fingerprint density at radius 1 is 1.11 bits per heavy atom. The van der Waals surface area contributed by atoms with E-state index in [1.807, 2.05) is 0 Å². The number of hydrogen-bond acceptors (Lipinski definition) is 6. The second-order valence-electron chi connectivity index (χ2n) is 6.13. The molecule has 0 aliphatic carbocycles. The van der Waals surface area contributed by atoms with Gasteiger partial charge in [0.15, 0.2) is 0 Å². The van der Waals surface area contributed by atoms with E-state index < -0.39 is 34.9 Å². The molecule has 0 saturated carbocycles. The summed E-state index contributed by atoms with van der Waals surface area (Å²) in [5.74, 6) is -1.57. The molecule has 2 aromatic carbocycles. The van der Waals surface area contributed by atoms with Crippen LogP contribution >= 0.6 is 15.9 Å². The highest BCUT2D eigenvalue weighted by atomic mass is 79.9. The predicted octanol–water partition coefficient (Wildman–Crippen LogP) is 3.26. The Kier molecular flexibility index (Phi) is 5.55. The molecule has 0 saturated heterocycles. The van der Waals surface area contributed by atoms with Gasteiger partial charge in [-0.15, -0.1) is 0 Å². The maximum absolute atomic E-state index is 12.8. The highest BCUT2D eigenvalue weighted by molar-refractivity contribution is 9.09. The van der Waals surface area contributed by atoms with E-state index in [9.17, 15) is 24.5 Å². The lowest BCUT2D eigenvalue weighted by atomic mass is 10.0. The summed E-state index contributed by atoms with van der Waals surface area (Å²) < 4.78 is 5.41. The minimum absolute atomic E-state index is 0.124. The summed E-state index contributed by atoms with van der Waals surface area (Å²) in [6.45, 7) is 1.21. The van der Waals surface area contributed by atoms with E-state index in [4.69, 9.17) is 4.74 Å². The van der Waals surface area contributed by atoms with Crippen molar-refractivity contribution in [2.45, 2.75) is 19.1 Å². The molecule has 1 heterocycles. The monoisotopic (exact) mass is 446 g/mol. The normalized spacial score (nSPS) is 15.1. The molecule has 28 heavy (non-hydrogen) atoms. The Labute approximate surface area is 168 Å². The van der Waals surface area contributed by atoms with Gasteiger partial charge in [-0.2, -0.15) is 0 Å². The van der Waals surface area contributed by atoms with Crippen LogP contribution in [0, 0.1) is 10.1 Å². The number of nitrogens with zero attached hydrogens (tertiary/aromatic N) is 2. The number of halogens is 1. The summed E-state index contributed by atoms with van der Waals surface area (Å²) >= 11 is 3.31. The van der Waals surface area contributed by atoms with Gasteiger partial charge >= 0.3 is 5.97 Å². The first-order valence-corrected chi connectivity index (χ1v) is 9.41. The third-order valence-electron chi connectivity index (χ3n) is 4.39. The van der Waals surface area contributed by atoms with Crippen LogP contribution in [0.1, 0.15) is 39.3 Å². The van der Waals surface area contributed by atoms with Crippen LogP contribution in [0.5, 0.6) is 0 Å². The zero-order chi connectivity index (χ0) is 20.4. The fourth-order valence-corrected chi connectivity index (χ4v) is 3.76. The molecule has 2 aromatic rings. The van der Waals surface area contributed by atoms with Crippen LogP contribution in [0.25, 0.3) is 0 Å². The van der Waals surface area contributed by atoms with Crippen LogP contribution in [-0.2, 0) is 9.53 Å². The van der Waals surface area contributed by atoms with E-state index in [0.717, 1.165) is 4.90 Å². The largest absolute Gasteiger partial charge is 0.455 e. The molecule has 0 spiro atoms. The van der Waals surface area contributed by atoms with Crippen LogP contribution < -0.4 is 0 Å². The van der Waals surface area contributed by atoms with E-state index in [1.165, 1.54) is 31.2 Å². The number of rotatable bonds is 6. The summed E-state index contributed by atoms with van der Waals surface area (Å²) in [5.41, 5.74) is 0.871. The average molecular weight is 447 g/mol. The third kappa shape index (κ3) is 3.53. The number of alkyl halides is 1. The Bertz CT molecular complexity index is 924. The maximum atomic E-state index is 12.8. The molecule has 0 fully saturated rings. The van der Waals surface area contributed by atoms with Crippen molar-refractivity contribution in [3.8, 4) is 0 Å². The van der Waals surface area contributed by atoms with Gasteiger partial charge < -0.3 is 4.74 Å². The molecule has 0 unspecified atom stereocenters. The van der Waals surface area contributed by atoms with Crippen molar-refractivity contribution in [3.05, 3.63) is 75.3 Å². The number of nitro benzene ring substituents is 1. The molecule has 1 aliphatic heterocycles. The molecule has 0 bridgehead atoms. The molecule has 9 heteroatoms. The molecule has 0 aromatic heterocycles. The van der Waals surface area contributed by atoms with Crippen LogP contribution in [0.15, 0.2) is 48.5 Å². The number of nitro groups is 1. The quantitative estimate of drug-likeness (QED) is 0.221. The fraction of sp³-hybridized carbons (Fsp3) is 0.211. The molecule has 1 aliphatic rings.